The van der Waals surface area contributed by atoms with Crippen molar-refractivity contribution in [2.75, 3.05) is 5.33 Å². The van der Waals surface area contributed by atoms with Crippen LogP contribution in [0.2, 0.25) is 0 Å². The van der Waals surface area contributed by atoms with Crippen molar-refractivity contribution in [3.8, 4) is 11.5 Å². The van der Waals surface area contributed by atoms with E-state index in [4.69, 9.17) is 0 Å². The number of ether oxygens (including phenoxy) is 2. The smallest absolute Gasteiger partial charge is 0.434 e. The first-order chi connectivity index (χ1) is 8.74. The van der Waals surface area contributed by atoms with Crippen LogP contribution in [0.25, 0.3) is 0 Å². The molecule has 0 radical (unpaired) electrons. The molecule has 0 atom stereocenters. The van der Waals surface area contributed by atoms with Gasteiger partial charge in [-0.15, -0.1) is 13.2 Å². The Hall–Kier alpha value is -1.38. The molecule has 0 saturated heterocycles. The number of carbonyl (C=O) groups is 1. The fourth-order valence-electron chi connectivity index (χ4n) is 1.26. The number of ketones is 1. The van der Waals surface area contributed by atoms with Gasteiger partial charge in [-0.25, -0.2) is 0 Å². The Balaban J connectivity index is 3.26. The van der Waals surface area contributed by atoms with Crippen LogP contribution >= 0.6 is 15.9 Å². The number of benzene rings is 1. The molecular weight excluding hydrogens is 343 g/mol. The SMILES string of the molecule is O=C(CBr)c1c(OC(F)F)cccc1OC(F)(F)F. The van der Waals surface area contributed by atoms with Crippen molar-refractivity contribution in [3.63, 3.8) is 0 Å². The van der Waals surface area contributed by atoms with Gasteiger partial charge >= 0.3 is 13.0 Å². The molecule has 0 bridgehead atoms. The van der Waals surface area contributed by atoms with Gasteiger partial charge in [0, 0.05) is 0 Å². The van der Waals surface area contributed by atoms with Crippen molar-refractivity contribution in [2.45, 2.75) is 13.0 Å². The van der Waals surface area contributed by atoms with Gasteiger partial charge in [-0.2, -0.15) is 8.78 Å². The zero-order valence-electron chi connectivity index (χ0n) is 9.01. The lowest BCUT2D eigenvalue weighted by atomic mass is 10.1. The van der Waals surface area contributed by atoms with Crippen molar-refractivity contribution in [1.82, 2.24) is 0 Å². The van der Waals surface area contributed by atoms with Gasteiger partial charge in [0.1, 0.15) is 17.1 Å². The maximum absolute atomic E-state index is 12.1. The Morgan fingerprint density at radius 2 is 1.84 bits per heavy atom. The molecule has 0 N–H and O–H groups in total. The van der Waals surface area contributed by atoms with E-state index in [0.29, 0.717) is 0 Å². The summed E-state index contributed by atoms with van der Waals surface area (Å²) in [5, 5.41) is -0.370. The Bertz CT molecular complexity index is 461. The van der Waals surface area contributed by atoms with E-state index in [1.54, 1.807) is 0 Å². The van der Waals surface area contributed by atoms with Gasteiger partial charge in [0.2, 0.25) is 0 Å². The van der Waals surface area contributed by atoms with Gasteiger partial charge in [0.25, 0.3) is 0 Å². The molecule has 0 unspecified atom stereocenters. The lowest BCUT2D eigenvalue weighted by molar-refractivity contribution is -0.274. The Morgan fingerprint density at radius 1 is 1.26 bits per heavy atom. The van der Waals surface area contributed by atoms with Gasteiger partial charge < -0.3 is 9.47 Å². The number of rotatable bonds is 5. The summed E-state index contributed by atoms with van der Waals surface area (Å²) in [6, 6.07) is 2.79. The molecule has 9 heteroatoms. The fraction of sp³-hybridized carbons (Fsp3) is 0.300. The summed E-state index contributed by atoms with van der Waals surface area (Å²) in [5.74, 6) is -2.45. The largest absolute Gasteiger partial charge is 0.573 e. The Kier molecular flexibility index (Phi) is 5.10. The first-order valence-electron chi connectivity index (χ1n) is 4.67. The molecule has 0 amide bonds. The summed E-state index contributed by atoms with van der Waals surface area (Å²) < 4.78 is 68.3. The number of carbonyl (C=O) groups excluding carboxylic acids is 1. The van der Waals surface area contributed by atoms with E-state index in [1.165, 1.54) is 0 Å². The van der Waals surface area contributed by atoms with Gasteiger partial charge in [-0.3, -0.25) is 4.79 Å². The fourth-order valence-corrected chi connectivity index (χ4v) is 1.54. The van der Waals surface area contributed by atoms with E-state index in [1.807, 2.05) is 0 Å². The van der Waals surface area contributed by atoms with Crippen LogP contribution in [0.5, 0.6) is 11.5 Å². The van der Waals surface area contributed by atoms with Crippen LogP contribution in [0.1, 0.15) is 10.4 Å². The number of hydrogen-bond donors (Lipinski definition) is 0. The van der Waals surface area contributed by atoms with Gasteiger partial charge in [0.15, 0.2) is 5.78 Å². The summed E-state index contributed by atoms with van der Waals surface area (Å²) in [6.07, 6.45) is -5.05. The van der Waals surface area contributed by atoms with Gasteiger partial charge in [0.05, 0.1) is 5.33 Å². The van der Waals surface area contributed by atoms with E-state index >= 15 is 0 Å². The van der Waals surface area contributed by atoms with Crippen LogP contribution in [0.4, 0.5) is 22.0 Å². The summed E-state index contributed by atoms with van der Waals surface area (Å²) in [7, 11) is 0. The highest BCUT2D eigenvalue weighted by molar-refractivity contribution is 9.09. The molecule has 1 rings (SSSR count). The maximum atomic E-state index is 12.1. The minimum Gasteiger partial charge on any atom is -0.434 e. The maximum Gasteiger partial charge on any atom is 0.573 e. The predicted octanol–water partition coefficient (Wildman–Crippen LogP) is 3.76. The second kappa shape index (κ2) is 6.18. The van der Waals surface area contributed by atoms with Gasteiger partial charge in [-0.05, 0) is 12.1 Å². The van der Waals surface area contributed by atoms with Crippen LogP contribution in [0.15, 0.2) is 18.2 Å². The molecule has 3 nitrogen and oxygen atoms in total. The van der Waals surface area contributed by atoms with E-state index in [0.717, 1.165) is 18.2 Å². The third-order valence-corrected chi connectivity index (χ3v) is 2.34. The highest BCUT2D eigenvalue weighted by Gasteiger charge is 2.34. The zero-order chi connectivity index (χ0) is 14.6. The quantitative estimate of drug-likeness (QED) is 0.461. The van der Waals surface area contributed by atoms with Crippen molar-refractivity contribution in [2.24, 2.45) is 0 Å². The average molecular weight is 349 g/mol. The molecule has 0 fully saturated rings. The number of hydrogen-bond acceptors (Lipinski definition) is 3. The molecule has 0 aliphatic rings. The lowest BCUT2D eigenvalue weighted by Gasteiger charge is -2.15. The first kappa shape index (κ1) is 15.7. The lowest BCUT2D eigenvalue weighted by Crippen LogP contribution is -2.20. The van der Waals surface area contributed by atoms with E-state index < -0.39 is 35.8 Å². The second-order valence-corrected chi connectivity index (χ2v) is 3.67. The Morgan fingerprint density at radius 3 is 2.32 bits per heavy atom. The van der Waals surface area contributed by atoms with Crippen LogP contribution < -0.4 is 9.47 Å². The number of halogens is 6. The standard InChI is InChI=1S/C10H6BrF5O3/c11-4-5(17)8-6(18-9(12)13)2-1-3-7(8)19-10(14,15)16/h1-3,9H,4H2. The van der Waals surface area contributed by atoms with Crippen LogP contribution in [0, 0.1) is 0 Å². The van der Waals surface area contributed by atoms with E-state index in [-0.39, 0.29) is 5.33 Å². The molecule has 0 heterocycles. The highest BCUT2D eigenvalue weighted by Crippen LogP contribution is 2.34. The molecule has 0 aromatic heterocycles. The zero-order valence-corrected chi connectivity index (χ0v) is 10.6. The molecule has 19 heavy (non-hydrogen) atoms. The molecule has 1 aromatic rings. The van der Waals surface area contributed by atoms with Crippen molar-refractivity contribution >= 4 is 21.7 Å². The summed E-state index contributed by atoms with van der Waals surface area (Å²) >= 11 is 2.74. The molecule has 106 valence electrons. The van der Waals surface area contributed by atoms with Crippen LogP contribution in [-0.4, -0.2) is 24.1 Å². The molecule has 0 spiro atoms. The van der Waals surface area contributed by atoms with Crippen LogP contribution in [-0.2, 0) is 0 Å². The monoisotopic (exact) mass is 348 g/mol. The number of Topliss-reactive ketones (excluding diaryl/α,β-unsaturated/α-hetero) is 1. The summed E-state index contributed by atoms with van der Waals surface area (Å²) in [6.45, 7) is -3.27. The first-order valence-corrected chi connectivity index (χ1v) is 5.79. The van der Waals surface area contributed by atoms with Crippen molar-refractivity contribution in [3.05, 3.63) is 23.8 Å². The van der Waals surface area contributed by atoms with Crippen molar-refractivity contribution in [1.29, 1.82) is 0 Å². The molecule has 1 aromatic carbocycles. The normalized spacial score (nSPS) is 11.5. The second-order valence-electron chi connectivity index (χ2n) is 3.11. The topological polar surface area (TPSA) is 35.5 Å². The van der Waals surface area contributed by atoms with Crippen molar-refractivity contribution < 1.29 is 36.2 Å². The third kappa shape index (κ3) is 4.66. The third-order valence-electron chi connectivity index (χ3n) is 1.83. The molecule has 0 aliphatic heterocycles. The molecule has 0 saturated carbocycles. The Labute approximate surface area is 112 Å². The number of alkyl halides is 6. The predicted molar refractivity (Wildman–Crippen MR) is 57.9 cm³/mol. The molecule has 0 aliphatic carbocycles. The van der Waals surface area contributed by atoms with E-state index in [9.17, 15) is 26.7 Å². The minimum atomic E-state index is -5.05. The summed E-state index contributed by atoms with van der Waals surface area (Å²) in [4.78, 5) is 11.5. The van der Waals surface area contributed by atoms with Crippen LogP contribution in [0.3, 0.4) is 0 Å². The van der Waals surface area contributed by atoms with Gasteiger partial charge in [-0.1, -0.05) is 22.0 Å². The molecular formula is C10H6BrF5O3. The van der Waals surface area contributed by atoms with E-state index in [2.05, 4.69) is 25.4 Å². The summed E-state index contributed by atoms with van der Waals surface area (Å²) in [5.41, 5.74) is -0.697. The minimum absolute atomic E-state index is 0.370. The average Bonchev–Trinajstić information content (AvgIpc) is 2.25. The highest BCUT2D eigenvalue weighted by atomic mass is 79.9.